The number of carbonyl (C=O) groups is 7. The number of aryl methyl sites for hydroxylation is 2. The summed E-state index contributed by atoms with van der Waals surface area (Å²) >= 11 is 0. The summed E-state index contributed by atoms with van der Waals surface area (Å²) in [6.45, 7) is 9.39. The fourth-order valence-electron chi connectivity index (χ4n) is 8.31. The van der Waals surface area contributed by atoms with Crippen LogP contribution in [0.4, 0.5) is 11.9 Å². The minimum Gasteiger partial charge on any atom is -0.494 e. The topological polar surface area (TPSA) is 298 Å². The summed E-state index contributed by atoms with van der Waals surface area (Å²) in [4.78, 5) is 99.3. The number of likely N-dealkylation sites (N-methyl/N-ethyl adjacent to an activating group) is 1. The van der Waals surface area contributed by atoms with Gasteiger partial charge in [-0.1, -0.05) is 18.6 Å². The molecule has 0 saturated heterocycles. The number of methoxy groups -OCH3 is 1. The molecule has 1 atom stereocenters. The molecule has 7 amide bonds. The first-order valence-electron chi connectivity index (χ1n) is 23.3. The fraction of sp³-hybridized carbons (Fsp3) is 0.375. The SMILES string of the molecule is CCN1NC(C)C=C1C(=O)Nc1nc2cc(C(N)=O)cc(OC)c2n1C/C=C/Cn1c(NC(=O)c2cc(C)nn2CC)nc2cc(C(N)=O)cc(OCCCNC(=O)CCCCCN3C(=O)C=CC3=O)c21. The summed E-state index contributed by atoms with van der Waals surface area (Å²) in [5.74, 6) is -2.28. The Kier molecular flexibility index (Phi) is 15.9. The minimum absolute atomic E-state index is 0.0787. The maximum Gasteiger partial charge on any atom is 0.276 e. The zero-order valence-corrected chi connectivity index (χ0v) is 40.2. The van der Waals surface area contributed by atoms with Crippen LogP contribution in [0.1, 0.15) is 89.8 Å². The number of hydrogen-bond acceptors (Lipinski definition) is 14. The summed E-state index contributed by atoms with van der Waals surface area (Å²) in [5, 5.41) is 14.9. The summed E-state index contributed by atoms with van der Waals surface area (Å²) in [6, 6.07) is 7.62. The Labute approximate surface area is 408 Å². The van der Waals surface area contributed by atoms with Crippen LogP contribution >= 0.6 is 0 Å². The van der Waals surface area contributed by atoms with E-state index in [2.05, 4.69) is 26.5 Å². The lowest BCUT2D eigenvalue weighted by molar-refractivity contribution is -0.137. The van der Waals surface area contributed by atoms with Crippen LogP contribution in [0, 0.1) is 6.92 Å². The molecular formula is C48H58N14O9. The Morgan fingerprint density at radius 3 is 1.99 bits per heavy atom. The highest BCUT2D eigenvalue weighted by molar-refractivity contribution is 6.13. The number of imidazole rings is 2. The molecule has 71 heavy (non-hydrogen) atoms. The van der Waals surface area contributed by atoms with E-state index in [-0.39, 0.29) is 85.2 Å². The van der Waals surface area contributed by atoms with Gasteiger partial charge in [0.05, 0.1) is 30.4 Å². The second-order valence-electron chi connectivity index (χ2n) is 16.8. The number of imide groups is 1. The van der Waals surface area contributed by atoms with Crippen molar-refractivity contribution in [3.8, 4) is 11.5 Å². The van der Waals surface area contributed by atoms with Crippen LogP contribution in [0.5, 0.6) is 11.5 Å². The summed E-state index contributed by atoms with van der Waals surface area (Å²) in [5.41, 5.74) is 17.8. The number of nitrogens with two attached hydrogens (primary N) is 2. The number of rotatable bonds is 24. The van der Waals surface area contributed by atoms with Crippen molar-refractivity contribution in [2.24, 2.45) is 11.5 Å². The molecule has 23 heteroatoms. The number of fused-ring (bicyclic) bond motifs is 2. The largest absolute Gasteiger partial charge is 0.494 e. The number of amides is 7. The average molecular weight is 975 g/mol. The first kappa shape index (κ1) is 50.5. The number of unbranched alkanes of at least 4 members (excludes halogenated alkanes) is 2. The van der Waals surface area contributed by atoms with E-state index in [0.29, 0.717) is 90.2 Å². The molecule has 0 aliphatic carbocycles. The molecule has 0 spiro atoms. The number of carbonyl (C=O) groups excluding carboxylic acids is 7. The van der Waals surface area contributed by atoms with Gasteiger partial charge in [0.1, 0.15) is 33.9 Å². The number of nitrogens with one attached hydrogen (secondary N) is 4. The van der Waals surface area contributed by atoms with Gasteiger partial charge in [-0.3, -0.25) is 53.8 Å². The lowest BCUT2D eigenvalue weighted by Crippen LogP contribution is -2.38. The van der Waals surface area contributed by atoms with E-state index in [1.165, 1.54) is 48.4 Å². The molecule has 374 valence electrons. The molecule has 2 aromatic carbocycles. The maximum atomic E-state index is 13.9. The van der Waals surface area contributed by atoms with Crippen molar-refractivity contribution < 1.29 is 43.0 Å². The monoisotopic (exact) mass is 974 g/mol. The van der Waals surface area contributed by atoms with E-state index in [4.69, 9.17) is 30.9 Å². The van der Waals surface area contributed by atoms with Gasteiger partial charge in [-0.25, -0.2) is 15.4 Å². The molecule has 0 saturated carbocycles. The normalized spacial score (nSPS) is 14.5. The number of hydrazine groups is 1. The van der Waals surface area contributed by atoms with Crippen LogP contribution in [0.2, 0.25) is 0 Å². The van der Waals surface area contributed by atoms with Crippen molar-refractivity contribution in [3.63, 3.8) is 0 Å². The lowest BCUT2D eigenvalue weighted by Gasteiger charge is -2.20. The van der Waals surface area contributed by atoms with Crippen molar-refractivity contribution in [2.75, 3.05) is 44.0 Å². The number of allylic oxidation sites excluding steroid dienone is 2. The van der Waals surface area contributed by atoms with Crippen LogP contribution in [-0.2, 0) is 38.8 Å². The quantitative estimate of drug-likeness (QED) is 0.0294. The molecule has 23 nitrogen and oxygen atoms in total. The maximum absolute atomic E-state index is 13.9. The van der Waals surface area contributed by atoms with E-state index in [1.807, 2.05) is 32.9 Å². The number of anilines is 2. The second kappa shape index (κ2) is 22.4. The molecule has 0 bridgehead atoms. The zero-order chi connectivity index (χ0) is 50.9. The van der Waals surface area contributed by atoms with Crippen LogP contribution in [0.3, 0.4) is 0 Å². The Balaban J connectivity index is 1.13. The highest BCUT2D eigenvalue weighted by atomic mass is 16.5. The van der Waals surface area contributed by atoms with E-state index in [0.717, 1.165) is 0 Å². The Morgan fingerprint density at radius 1 is 0.789 bits per heavy atom. The number of aromatic nitrogens is 6. The zero-order valence-electron chi connectivity index (χ0n) is 40.2. The van der Waals surface area contributed by atoms with E-state index in [9.17, 15) is 33.6 Å². The molecule has 1 unspecified atom stereocenters. The second-order valence-corrected chi connectivity index (χ2v) is 16.8. The van der Waals surface area contributed by atoms with E-state index < -0.39 is 23.6 Å². The standard InChI is InChI=1S/C48H58N14O9/c1-6-61-34(22-28(3)56-61)45(68)54-47-52-32-24-30(43(49)66)26-36(70-5)41(32)59(47)19-11-12-20-60-42-33(53-48(60)55-46(69)35-23-29(4)57-62(35)7-2)25-31(44(50)67)27-37(42)71-21-13-17-51-38(63)14-9-8-10-18-58-39(64)15-16-40(58)65/h11-12,15-16,22-28,56H,6-10,13-14,17-21H2,1-5H3,(H2,49,66)(H2,50,67)(H,51,63)(H,52,54,68)(H,53,55,69)/b12-11+. The van der Waals surface area contributed by atoms with Gasteiger partial charge in [0.25, 0.3) is 23.6 Å². The van der Waals surface area contributed by atoms with Gasteiger partial charge in [0.15, 0.2) is 0 Å². The molecule has 5 heterocycles. The molecule has 0 radical (unpaired) electrons. The first-order valence-corrected chi connectivity index (χ1v) is 23.3. The molecule has 0 fully saturated rings. The van der Waals surface area contributed by atoms with Crippen LogP contribution in [0.25, 0.3) is 22.1 Å². The van der Waals surface area contributed by atoms with E-state index >= 15 is 0 Å². The smallest absolute Gasteiger partial charge is 0.276 e. The van der Waals surface area contributed by atoms with Crippen LogP contribution < -0.4 is 42.3 Å². The molecular weight excluding hydrogens is 917 g/mol. The van der Waals surface area contributed by atoms with Gasteiger partial charge in [-0.2, -0.15) is 5.10 Å². The van der Waals surface area contributed by atoms with Crippen molar-refractivity contribution in [2.45, 2.75) is 85.5 Å². The predicted octanol–water partition coefficient (Wildman–Crippen LogP) is 3.05. The van der Waals surface area contributed by atoms with Gasteiger partial charge in [-0.05, 0) is 83.4 Å². The van der Waals surface area contributed by atoms with Crippen molar-refractivity contribution >= 4 is 75.3 Å². The number of benzene rings is 2. The third-order valence-electron chi connectivity index (χ3n) is 11.7. The predicted molar refractivity (Wildman–Crippen MR) is 262 cm³/mol. The molecule has 7 rings (SSSR count). The minimum atomic E-state index is -0.729. The average Bonchev–Trinajstić information content (AvgIpc) is 4.16. The Hall–Kier alpha value is -8.34. The number of hydrogen-bond donors (Lipinski definition) is 6. The van der Waals surface area contributed by atoms with Crippen LogP contribution in [0.15, 0.2) is 66.4 Å². The molecule has 3 aromatic heterocycles. The van der Waals surface area contributed by atoms with Crippen molar-refractivity contribution in [1.29, 1.82) is 0 Å². The third kappa shape index (κ3) is 11.6. The van der Waals surface area contributed by atoms with Crippen molar-refractivity contribution in [3.05, 3.63) is 88.9 Å². The van der Waals surface area contributed by atoms with Gasteiger partial charge in [0, 0.05) is 75.0 Å². The lowest BCUT2D eigenvalue weighted by atomic mass is 10.1. The Morgan fingerprint density at radius 2 is 1.39 bits per heavy atom. The molecule has 8 N–H and O–H groups in total. The number of ether oxygens (including phenoxy) is 2. The van der Waals surface area contributed by atoms with Crippen LogP contribution in [-0.4, -0.2) is 120 Å². The van der Waals surface area contributed by atoms with Gasteiger partial charge in [0.2, 0.25) is 29.6 Å². The third-order valence-corrected chi connectivity index (χ3v) is 11.7. The van der Waals surface area contributed by atoms with E-state index in [1.54, 1.807) is 37.9 Å². The number of primary amides is 2. The summed E-state index contributed by atoms with van der Waals surface area (Å²) < 4.78 is 17.0. The summed E-state index contributed by atoms with van der Waals surface area (Å²) in [7, 11) is 1.45. The fourth-order valence-corrected chi connectivity index (χ4v) is 8.31. The highest BCUT2D eigenvalue weighted by Crippen LogP contribution is 2.33. The van der Waals surface area contributed by atoms with Crippen molar-refractivity contribution in [1.82, 2.24) is 49.5 Å². The first-order chi connectivity index (χ1) is 34.1. The van der Waals surface area contributed by atoms with Gasteiger partial charge in [-0.15, -0.1) is 0 Å². The molecule has 2 aliphatic rings. The summed E-state index contributed by atoms with van der Waals surface area (Å²) in [6.07, 6.45) is 10.4. The molecule has 2 aliphatic heterocycles. The molecule has 5 aromatic rings. The highest BCUT2D eigenvalue weighted by Gasteiger charge is 2.28. The van der Waals surface area contributed by atoms with Gasteiger partial charge < -0.3 is 40.4 Å². The Bertz CT molecular complexity index is 2980. The van der Waals surface area contributed by atoms with Gasteiger partial charge >= 0.3 is 0 Å². The number of nitrogens with zero attached hydrogens (tertiary/aromatic N) is 8.